The molecular formula is C18H19NO3S2. The zero-order valence-corrected chi connectivity index (χ0v) is 14.8. The first kappa shape index (κ1) is 15.8. The molecule has 1 unspecified atom stereocenters. The molecule has 126 valence electrons. The van der Waals surface area contributed by atoms with Gasteiger partial charge in [0.25, 0.3) is 0 Å². The summed E-state index contributed by atoms with van der Waals surface area (Å²) in [4.78, 5) is 28.9. The van der Waals surface area contributed by atoms with E-state index in [1.54, 1.807) is 22.7 Å². The Bertz CT molecular complexity index is 752. The number of rotatable bonds is 3. The molecule has 4 nitrogen and oxygen atoms in total. The number of carboxylic acid groups (broad SMARTS) is 1. The van der Waals surface area contributed by atoms with Crippen molar-refractivity contribution in [3.05, 3.63) is 44.3 Å². The molecule has 1 saturated carbocycles. The fourth-order valence-corrected chi connectivity index (χ4v) is 5.73. The zero-order chi connectivity index (χ0) is 16.7. The molecule has 0 saturated heterocycles. The first-order valence-corrected chi connectivity index (χ1v) is 10.0. The van der Waals surface area contributed by atoms with E-state index in [4.69, 9.17) is 0 Å². The summed E-state index contributed by atoms with van der Waals surface area (Å²) in [6, 6.07) is 6.26. The smallest absolute Gasteiger partial charge is 0.306 e. The molecule has 1 N–H and O–H groups in total. The molecule has 0 radical (unpaired) electrons. The Morgan fingerprint density at radius 3 is 2.67 bits per heavy atom. The second-order valence-corrected chi connectivity index (χ2v) is 8.52. The maximum Gasteiger partial charge on any atom is 0.306 e. The van der Waals surface area contributed by atoms with Crippen molar-refractivity contribution in [1.82, 2.24) is 4.90 Å². The minimum Gasteiger partial charge on any atom is -0.481 e. The van der Waals surface area contributed by atoms with Crippen LogP contribution in [0, 0.1) is 11.8 Å². The van der Waals surface area contributed by atoms with E-state index < -0.39 is 5.97 Å². The number of carbonyl (C=O) groups excluding carboxylic acids is 1. The molecule has 2 aromatic rings. The summed E-state index contributed by atoms with van der Waals surface area (Å²) >= 11 is 3.45. The van der Waals surface area contributed by atoms with E-state index in [2.05, 4.69) is 22.9 Å². The summed E-state index contributed by atoms with van der Waals surface area (Å²) in [5, 5.41) is 13.4. The number of nitrogens with zero attached hydrogens (tertiary/aromatic N) is 1. The second kappa shape index (κ2) is 6.33. The molecule has 2 aliphatic rings. The van der Waals surface area contributed by atoms with Gasteiger partial charge in [-0.1, -0.05) is 6.07 Å². The Balaban J connectivity index is 1.62. The lowest BCUT2D eigenvalue weighted by molar-refractivity contribution is -0.142. The topological polar surface area (TPSA) is 57.6 Å². The number of fused-ring (bicyclic) bond motifs is 1. The third-order valence-electron chi connectivity index (χ3n) is 5.19. The van der Waals surface area contributed by atoms with Crippen LogP contribution in [0.5, 0.6) is 0 Å². The second-order valence-electron chi connectivity index (χ2n) is 6.54. The van der Waals surface area contributed by atoms with Gasteiger partial charge in [-0.15, -0.1) is 22.7 Å². The molecule has 1 fully saturated rings. The number of thiophene rings is 2. The Hall–Kier alpha value is -1.66. The Morgan fingerprint density at radius 2 is 1.96 bits per heavy atom. The molecule has 0 aromatic carbocycles. The van der Waals surface area contributed by atoms with E-state index in [1.807, 2.05) is 11.0 Å². The van der Waals surface area contributed by atoms with Crippen LogP contribution in [-0.4, -0.2) is 28.4 Å². The minimum atomic E-state index is -0.765. The highest BCUT2D eigenvalue weighted by Gasteiger charge is 2.40. The lowest BCUT2D eigenvalue weighted by Gasteiger charge is -2.37. The van der Waals surface area contributed by atoms with Gasteiger partial charge in [0.1, 0.15) is 0 Å². The number of aliphatic carboxylic acids is 1. The molecule has 3 atom stereocenters. The van der Waals surface area contributed by atoms with Crippen molar-refractivity contribution in [1.29, 1.82) is 0 Å². The summed E-state index contributed by atoms with van der Waals surface area (Å²) in [5.74, 6) is -1.14. The standard InChI is InChI=1S/C18H19NO3S2/c20-17(11-3-4-12(10-11)18(21)22)19-7-5-14-13(6-9-24-14)16(19)15-2-1-8-23-15/h1-2,6,8-9,11-12,16H,3-5,7,10H2,(H,21,22)/t11-,12+,16?/m0/s1. The van der Waals surface area contributed by atoms with Crippen molar-refractivity contribution in [2.45, 2.75) is 31.7 Å². The molecule has 1 amide bonds. The summed E-state index contributed by atoms with van der Waals surface area (Å²) in [5.41, 5.74) is 1.25. The molecule has 3 heterocycles. The maximum atomic E-state index is 13.1. The van der Waals surface area contributed by atoms with E-state index in [9.17, 15) is 14.7 Å². The van der Waals surface area contributed by atoms with Crippen molar-refractivity contribution < 1.29 is 14.7 Å². The van der Waals surface area contributed by atoms with E-state index >= 15 is 0 Å². The van der Waals surface area contributed by atoms with Gasteiger partial charge in [0.05, 0.1) is 12.0 Å². The predicted molar refractivity (Wildman–Crippen MR) is 94.4 cm³/mol. The number of carboxylic acids is 1. The van der Waals surface area contributed by atoms with Crippen molar-refractivity contribution >= 4 is 34.6 Å². The third-order valence-corrected chi connectivity index (χ3v) is 7.11. The largest absolute Gasteiger partial charge is 0.481 e. The van der Waals surface area contributed by atoms with Crippen molar-refractivity contribution in [3.63, 3.8) is 0 Å². The Kier molecular flexibility index (Phi) is 4.18. The van der Waals surface area contributed by atoms with Crippen LogP contribution in [0.3, 0.4) is 0 Å². The average Bonchev–Trinajstić information content (AvgIpc) is 3.33. The molecule has 1 aliphatic carbocycles. The average molecular weight is 361 g/mol. The summed E-state index contributed by atoms with van der Waals surface area (Å²) in [6.45, 7) is 0.725. The molecule has 6 heteroatoms. The van der Waals surface area contributed by atoms with Crippen LogP contribution in [-0.2, 0) is 16.0 Å². The monoisotopic (exact) mass is 361 g/mol. The first-order valence-electron chi connectivity index (χ1n) is 8.28. The first-order chi connectivity index (χ1) is 11.6. The lowest BCUT2D eigenvalue weighted by Crippen LogP contribution is -2.42. The van der Waals surface area contributed by atoms with Gasteiger partial charge >= 0.3 is 5.97 Å². The maximum absolute atomic E-state index is 13.1. The molecule has 1 aliphatic heterocycles. The molecule has 0 bridgehead atoms. The van der Waals surface area contributed by atoms with Crippen LogP contribution in [0.25, 0.3) is 0 Å². The number of amides is 1. The normalized spacial score (nSPS) is 26.3. The van der Waals surface area contributed by atoms with Crippen LogP contribution < -0.4 is 0 Å². The summed E-state index contributed by atoms with van der Waals surface area (Å²) < 4.78 is 0. The van der Waals surface area contributed by atoms with E-state index in [0.717, 1.165) is 13.0 Å². The Morgan fingerprint density at radius 1 is 1.12 bits per heavy atom. The summed E-state index contributed by atoms with van der Waals surface area (Å²) in [7, 11) is 0. The summed E-state index contributed by atoms with van der Waals surface area (Å²) in [6.07, 6.45) is 2.70. The fraction of sp³-hybridized carbons (Fsp3) is 0.444. The van der Waals surface area contributed by atoms with Crippen LogP contribution in [0.15, 0.2) is 29.0 Å². The van der Waals surface area contributed by atoms with Gasteiger partial charge in [-0.3, -0.25) is 9.59 Å². The third kappa shape index (κ3) is 2.67. The number of carbonyl (C=O) groups is 2. The fourth-order valence-electron chi connectivity index (χ4n) is 3.97. The molecule has 2 aromatic heterocycles. The van der Waals surface area contributed by atoms with Gasteiger partial charge in [-0.05, 0) is 54.1 Å². The van der Waals surface area contributed by atoms with E-state index in [1.165, 1.54) is 15.3 Å². The highest BCUT2D eigenvalue weighted by Crippen LogP contribution is 2.42. The van der Waals surface area contributed by atoms with Crippen LogP contribution in [0.1, 0.15) is 40.6 Å². The number of hydrogen-bond donors (Lipinski definition) is 1. The number of hydrogen-bond acceptors (Lipinski definition) is 4. The minimum absolute atomic E-state index is 0.00335. The van der Waals surface area contributed by atoms with E-state index in [-0.39, 0.29) is 23.8 Å². The van der Waals surface area contributed by atoms with Gasteiger partial charge in [-0.25, -0.2) is 0 Å². The molecule has 4 rings (SSSR count). The quantitative estimate of drug-likeness (QED) is 0.905. The highest BCUT2D eigenvalue weighted by molar-refractivity contribution is 7.10. The zero-order valence-electron chi connectivity index (χ0n) is 13.2. The van der Waals surface area contributed by atoms with Crippen molar-refractivity contribution in [2.24, 2.45) is 11.8 Å². The molecule has 24 heavy (non-hydrogen) atoms. The van der Waals surface area contributed by atoms with E-state index in [0.29, 0.717) is 19.3 Å². The lowest BCUT2D eigenvalue weighted by atomic mass is 9.95. The molecule has 0 spiro atoms. The predicted octanol–water partition coefficient (Wildman–Crippen LogP) is 3.78. The molecular weight excluding hydrogens is 342 g/mol. The Labute approximate surface area is 148 Å². The van der Waals surface area contributed by atoms with Crippen LogP contribution in [0.4, 0.5) is 0 Å². The van der Waals surface area contributed by atoms with Gasteiger partial charge in [-0.2, -0.15) is 0 Å². The van der Waals surface area contributed by atoms with Crippen molar-refractivity contribution in [3.8, 4) is 0 Å². The van der Waals surface area contributed by atoms with Gasteiger partial charge in [0.2, 0.25) is 5.91 Å². The van der Waals surface area contributed by atoms with Crippen molar-refractivity contribution in [2.75, 3.05) is 6.54 Å². The SMILES string of the molecule is O=C(O)[C@@H]1CC[C@H](C(=O)N2CCc3sccc3C2c2cccs2)C1. The van der Waals surface area contributed by atoms with Crippen LogP contribution in [0.2, 0.25) is 0 Å². The van der Waals surface area contributed by atoms with Gasteiger partial charge < -0.3 is 10.0 Å². The van der Waals surface area contributed by atoms with Gasteiger partial charge in [0, 0.05) is 22.2 Å². The van der Waals surface area contributed by atoms with Crippen LogP contribution >= 0.6 is 22.7 Å². The van der Waals surface area contributed by atoms with Gasteiger partial charge in [0.15, 0.2) is 0 Å². The highest BCUT2D eigenvalue weighted by atomic mass is 32.1.